The monoisotopic (exact) mass is 365 g/mol. The summed E-state index contributed by atoms with van der Waals surface area (Å²) in [7, 11) is 0. The molecule has 0 aliphatic rings. The summed E-state index contributed by atoms with van der Waals surface area (Å²) in [4.78, 5) is 18.3. The van der Waals surface area contributed by atoms with E-state index in [0.717, 1.165) is 0 Å². The summed E-state index contributed by atoms with van der Waals surface area (Å²) in [6, 6.07) is 10.0. The van der Waals surface area contributed by atoms with Crippen molar-refractivity contribution in [1.82, 2.24) is 0 Å². The van der Waals surface area contributed by atoms with Gasteiger partial charge in [-0.15, -0.1) is 0 Å². The van der Waals surface area contributed by atoms with Gasteiger partial charge >= 0.3 is 0 Å². The van der Waals surface area contributed by atoms with Crippen molar-refractivity contribution in [2.45, 2.75) is 13.1 Å². The first kappa shape index (κ1) is 18.9. The Balaban J connectivity index is -0.000000139. The maximum absolute atomic E-state index is 9.13. The second-order valence-corrected chi connectivity index (χ2v) is 1.65. The average molecular weight is 365 g/mol. The molecule has 14 heavy (non-hydrogen) atoms. The maximum atomic E-state index is 9.13. The topological polar surface area (TPSA) is 58.9 Å². The summed E-state index contributed by atoms with van der Waals surface area (Å²) in [6.45, 7) is 7.92. The van der Waals surface area contributed by atoms with E-state index in [2.05, 4.69) is 24.2 Å². The predicted octanol–water partition coefficient (Wildman–Crippen LogP) is 2.92. The van der Waals surface area contributed by atoms with Crippen molar-refractivity contribution in [2.24, 2.45) is 10.4 Å². The van der Waals surface area contributed by atoms with Crippen molar-refractivity contribution < 1.29 is 21.1 Å². The third-order valence-electron chi connectivity index (χ3n) is 0.799. The molecule has 0 amide bonds. The molecule has 1 rings (SSSR count). The van der Waals surface area contributed by atoms with Gasteiger partial charge in [-0.2, -0.15) is 34.9 Å². The molecule has 0 saturated heterocycles. The number of nitroso groups, excluding NO2 is 2. The van der Waals surface area contributed by atoms with Crippen molar-refractivity contribution in [1.29, 1.82) is 0 Å². The Kier molecular flexibility index (Phi) is 24.5. The summed E-state index contributed by atoms with van der Waals surface area (Å²) in [6.07, 6.45) is -1.18. The van der Waals surface area contributed by atoms with Crippen LogP contribution < -0.4 is 0 Å². The first-order valence-electron chi connectivity index (χ1n) is 3.66. The van der Waals surface area contributed by atoms with Gasteiger partial charge in [0.15, 0.2) is 0 Å². The number of rotatable bonds is 2. The van der Waals surface area contributed by atoms with Crippen molar-refractivity contribution in [3.05, 3.63) is 54.0 Å². The van der Waals surface area contributed by atoms with Crippen LogP contribution >= 0.6 is 0 Å². The zero-order valence-electron chi connectivity index (χ0n) is 8.00. The van der Waals surface area contributed by atoms with Gasteiger partial charge < -0.3 is 6.92 Å². The molecule has 5 heteroatoms. The Morgan fingerprint density at radius 3 is 1.57 bits per heavy atom. The molecule has 0 fully saturated rings. The van der Waals surface area contributed by atoms with E-state index in [1.807, 2.05) is 30.3 Å². The van der Waals surface area contributed by atoms with Crippen LogP contribution in [0.2, 0.25) is 0 Å². The fourth-order valence-corrected chi connectivity index (χ4v) is 0.340. The van der Waals surface area contributed by atoms with Crippen LogP contribution in [0.4, 0.5) is 0 Å². The third-order valence-corrected chi connectivity index (χ3v) is 0.799. The van der Waals surface area contributed by atoms with Gasteiger partial charge in [0.25, 0.3) is 0 Å². The van der Waals surface area contributed by atoms with Gasteiger partial charge in [-0.1, -0.05) is 10.4 Å². The minimum atomic E-state index is -1.18. The smallest absolute Gasteiger partial charge is 0.102 e. The zero-order chi connectivity index (χ0) is 10.5. The van der Waals surface area contributed by atoms with E-state index in [1.165, 1.54) is 0 Å². The van der Waals surface area contributed by atoms with Crippen LogP contribution in [-0.4, -0.2) is 6.17 Å². The Morgan fingerprint density at radius 1 is 1.14 bits per heavy atom. The molecule has 0 aliphatic carbocycles. The van der Waals surface area contributed by atoms with Crippen LogP contribution in [0.5, 0.6) is 0 Å². The van der Waals surface area contributed by atoms with Crippen LogP contribution in [0.15, 0.2) is 40.7 Å². The van der Waals surface area contributed by atoms with Crippen molar-refractivity contribution >= 4 is 0 Å². The molecule has 0 radical (unpaired) electrons. The van der Waals surface area contributed by atoms with Crippen LogP contribution in [0.1, 0.15) is 6.92 Å². The average Bonchev–Trinajstić information content (AvgIpc) is 2.78. The molecule has 4 nitrogen and oxygen atoms in total. The Labute approximate surface area is 98.7 Å². The zero-order valence-corrected chi connectivity index (χ0v) is 10.9. The fourth-order valence-electron chi connectivity index (χ4n) is 0.340. The molecular weight excluding hydrogens is 352 g/mol. The van der Waals surface area contributed by atoms with Crippen molar-refractivity contribution in [3.63, 3.8) is 0 Å². The summed E-state index contributed by atoms with van der Waals surface area (Å²) >= 11 is 0. The molecule has 0 aliphatic heterocycles. The molecule has 1 aromatic carbocycles. The minimum Gasteiger partial charge on any atom is -0.346 e. The van der Waals surface area contributed by atoms with Crippen molar-refractivity contribution in [2.75, 3.05) is 0 Å². The van der Waals surface area contributed by atoms with Gasteiger partial charge in [-0.3, -0.25) is 6.92 Å². The van der Waals surface area contributed by atoms with E-state index in [-0.39, 0.29) is 21.1 Å². The standard InChI is InChI=1S/C5H5.C2H3N2O2.C2H5.W/c1-2-4-5-3-1;1-2(3-5)4-6;1-2;/h1-5H;2H,1H2;1H2,2H3;/q3*-1;. The summed E-state index contributed by atoms with van der Waals surface area (Å²) < 4.78 is 0. The minimum absolute atomic E-state index is 0. The number of nitrogens with zero attached hydrogens (tertiary/aromatic N) is 2. The second kappa shape index (κ2) is 18.1. The normalized spacial score (nSPS) is 6.86. The Bertz CT molecular complexity index is 165. The van der Waals surface area contributed by atoms with E-state index in [9.17, 15) is 0 Å². The maximum Gasteiger partial charge on any atom is 0.102 e. The summed E-state index contributed by atoms with van der Waals surface area (Å²) in [5, 5.41) is 4.33. The van der Waals surface area contributed by atoms with Crippen LogP contribution in [-0.2, 0) is 21.1 Å². The van der Waals surface area contributed by atoms with E-state index in [0.29, 0.717) is 0 Å². The summed E-state index contributed by atoms with van der Waals surface area (Å²) in [5.41, 5.74) is 0. The molecule has 1 aromatic rings. The molecule has 0 unspecified atom stereocenters. The molecule has 0 spiro atoms. The molecule has 0 N–H and O–H groups in total. The van der Waals surface area contributed by atoms with Crippen LogP contribution in [0, 0.1) is 23.7 Å². The second-order valence-electron chi connectivity index (χ2n) is 1.65. The molecule has 0 bridgehead atoms. The van der Waals surface area contributed by atoms with E-state index < -0.39 is 6.17 Å². The fraction of sp³-hybridized carbons (Fsp3) is 0.222. The SMILES string of the molecule is [CH2-]C.[CH2-]C(N=O)N=O.[W].c1cc[cH-]c1. The van der Waals surface area contributed by atoms with E-state index in [4.69, 9.17) is 9.81 Å². The Morgan fingerprint density at radius 2 is 1.50 bits per heavy atom. The molecule has 0 aromatic heterocycles. The largest absolute Gasteiger partial charge is 0.346 e. The van der Waals surface area contributed by atoms with Gasteiger partial charge in [0, 0.05) is 21.1 Å². The van der Waals surface area contributed by atoms with Crippen LogP contribution in [0.3, 0.4) is 0 Å². The molecule has 0 atom stereocenters. The van der Waals surface area contributed by atoms with E-state index in [1.54, 1.807) is 6.92 Å². The van der Waals surface area contributed by atoms with Crippen molar-refractivity contribution in [3.8, 4) is 0 Å². The predicted molar refractivity (Wildman–Crippen MR) is 53.8 cm³/mol. The van der Waals surface area contributed by atoms with E-state index >= 15 is 0 Å². The molecule has 80 valence electrons. The van der Waals surface area contributed by atoms with Gasteiger partial charge in [0.2, 0.25) is 0 Å². The van der Waals surface area contributed by atoms with Gasteiger partial charge in [-0.05, 0) is 0 Å². The molecule has 0 heterocycles. The van der Waals surface area contributed by atoms with Gasteiger partial charge in [0.05, 0.1) is 0 Å². The summed E-state index contributed by atoms with van der Waals surface area (Å²) in [5.74, 6) is 0. The molecular formula is C9H13N2O2W-3. The van der Waals surface area contributed by atoms with Gasteiger partial charge in [-0.25, -0.2) is 12.1 Å². The number of hydrogen-bond donors (Lipinski definition) is 0. The first-order valence-corrected chi connectivity index (χ1v) is 3.66. The Hall–Kier alpha value is -0.762. The third kappa shape index (κ3) is 17.4. The quantitative estimate of drug-likeness (QED) is 0.598. The van der Waals surface area contributed by atoms with Gasteiger partial charge in [0.1, 0.15) is 6.17 Å². The van der Waals surface area contributed by atoms with Crippen LogP contribution in [0.25, 0.3) is 0 Å². The first-order chi connectivity index (χ1) is 6.31. The number of hydrogen-bond acceptors (Lipinski definition) is 4. The molecule has 0 saturated carbocycles.